The van der Waals surface area contributed by atoms with E-state index in [1.807, 2.05) is 0 Å². The van der Waals surface area contributed by atoms with Crippen LogP contribution in [0.2, 0.25) is 0 Å². The van der Waals surface area contributed by atoms with E-state index in [2.05, 4.69) is 10.0 Å². The van der Waals surface area contributed by atoms with Crippen molar-refractivity contribution in [3.05, 3.63) is 0 Å². The lowest BCUT2D eigenvalue weighted by Gasteiger charge is -2.26. The molecule has 2 N–H and O–H groups in total. The molecule has 7 heteroatoms. The zero-order valence-corrected chi connectivity index (χ0v) is 12.2. The fraction of sp³-hybridized carbons (Fsp3) is 1.00. The lowest BCUT2D eigenvalue weighted by molar-refractivity contribution is 0.0987. The van der Waals surface area contributed by atoms with E-state index in [1.165, 1.54) is 0 Å². The van der Waals surface area contributed by atoms with Crippen molar-refractivity contribution in [1.29, 1.82) is 0 Å². The Morgan fingerprint density at radius 3 is 2.72 bits per heavy atom. The molecular weight excluding hydrogens is 276 g/mol. The van der Waals surface area contributed by atoms with Crippen molar-refractivity contribution < 1.29 is 13.2 Å². The summed E-state index contributed by atoms with van der Waals surface area (Å²) < 4.78 is 32.0. The molecular formula is C11H23ClN2O3S. The average molecular weight is 299 g/mol. The van der Waals surface area contributed by atoms with Gasteiger partial charge in [0.2, 0.25) is 10.0 Å². The molecule has 0 aliphatic carbocycles. The van der Waals surface area contributed by atoms with Crippen molar-refractivity contribution in [2.75, 3.05) is 32.8 Å². The highest BCUT2D eigenvalue weighted by molar-refractivity contribution is 7.90. The SMILES string of the molecule is Cl.O=S(=O)(NCC1CCCNC1)C1CCCOC1. The topological polar surface area (TPSA) is 67.4 Å². The van der Waals surface area contributed by atoms with E-state index in [0.29, 0.717) is 25.7 Å². The van der Waals surface area contributed by atoms with Gasteiger partial charge >= 0.3 is 0 Å². The standard InChI is InChI=1S/C11H22N2O3S.ClH/c14-17(15,11-4-2-6-16-9-11)13-8-10-3-1-5-12-7-10;/h10-13H,1-9H2;1H. The largest absolute Gasteiger partial charge is 0.380 e. The molecule has 2 atom stereocenters. The van der Waals surface area contributed by atoms with Crippen LogP contribution >= 0.6 is 12.4 Å². The second-order valence-corrected chi connectivity index (χ2v) is 6.99. The minimum absolute atomic E-state index is 0. The van der Waals surface area contributed by atoms with E-state index >= 15 is 0 Å². The van der Waals surface area contributed by atoms with Gasteiger partial charge in [0.1, 0.15) is 0 Å². The van der Waals surface area contributed by atoms with Crippen LogP contribution in [0.3, 0.4) is 0 Å². The van der Waals surface area contributed by atoms with E-state index in [4.69, 9.17) is 4.74 Å². The predicted molar refractivity (Wildman–Crippen MR) is 73.6 cm³/mol. The summed E-state index contributed by atoms with van der Waals surface area (Å²) in [6.45, 7) is 3.58. The lowest BCUT2D eigenvalue weighted by atomic mass is 10.0. The van der Waals surface area contributed by atoms with Crippen molar-refractivity contribution in [3.8, 4) is 0 Å². The molecule has 2 unspecified atom stereocenters. The van der Waals surface area contributed by atoms with Crippen LogP contribution in [0.4, 0.5) is 0 Å². The molecule has 0 aromatic rings. The fourth-order valence-electron chi connectivity index (χ4n) is 2.41. The van der Waals surface area contributed by atoms with E-state index < -0.39 is 10.0 Å². The Kier molecular flexibility index (Phi) is 6.87. The van der Waals surface area contributed by atoms with Crippen LogP contribution in [-0.2, 0) is 14.8 Å². The van der Waals surface area contributed by atoms with Crippen molar-refractivity contribution in [3.63, 3.8) is 0 Å². The second-order valence-electron chi connectivity index (χ2n) is 4.95. The first-order chi connectivity index (χ1) is 8.18. The quantitative estimate of drug-likeness (QED) is 0.793. The van der Waals surface area contributed by atoms with Crippen LogP contribution in [0, 0.1) is 5.92 Å². The van der Waals surface area contributed by atoms with Gasteiger partial charge in [-0.1, -0.05) is 0 Å². The molecule has 2 saturated heterocycles. The lowest BCUT2D eigenvalue weighted by Crippen LogP contribution is -2.43. The highest BCUT2D eigenvalue weighted by Gasteiger charge is 2.28. The Morgan fingerprint density at radius 1 is 1.28 bits per heavy atom. The molecule has 0 aromatic carbocycles. The molecule has 0 amide bonds. The summed E-state index contributed by atoms with van der Waals surface area (Å²) in [4.78, 5) is 0. The second kappa shape index (κ2) is 7.65. The first-order valence-corrected chi connectivity index (χ1v) is 8.00. The number of ether oxygens (including phenoxy) is 1. The van der Waals surface area contributed by atoms with Gasteiger partial charge in [-0.2, -0.15) is 0 Å². The number of sulfonamides is 1. The molecule has 0 spiro atoms. The van der Waals surface area contributed by atoms with Gasteiger partial charge in [0.15, 0.2) is 0 Å². The number of hydrogen-bond acceptors (Lipinski definition) is 4. The third-order valence-corrected chi connectivity index (χ3v) is 5.35. The highest BCUT2D eigenvalue weighted by atomic mass is 35.5. The molecule has 2 rings (SSSR count). The number of rotatable bonds is 4. The van der Waals surface area contributed by atoms with Gasteiger partial charge in [-0.25, -0.2) is 13.1 Å². The third kappa shape index (κ3) is 4.66. The van der Waals surface area contributed by atoms with Crippen molar-refractivity contribution in [2.24, 2.45) is 5.92 Å². The van der Waals surface area contributed by atoms with Crippen LogP contribution in [0.1, 0.15) is 25.7 Å². The zero-order valence-electron chi connectivity index (χ0n) is 10.6. The zero-order chi connectivity index (χ0) is 12.1. The summed E-state index contributed by atoms with van der Waals surface area (Å²) in [7, 11) is -3.19. The maximum Gasteiger partial charge on any atom is 0.216 e. The monoisotopic (exact) mass is 298 g/mol. The van der Waals surface area contributed by atoms with Crippen molar-refractivity contribution >= 4 is 22.4 Å². The van der Waals surface area contributed by atoms with E-state index in [-0.39, 0.29) is 17.7 Å². The number of halogens is 1. The molecule has 0 radical (unpaired) electrons. The Bertz CT molecular complexity index is 325. The van der Waals surface area contributed by atoms with Gasteiger partial charge in [-0.3, -0.25) is 0 Å². The first kappa shape index (κ1) is 16.2. The summed E-state index contributed by atoms with van der Waals surface area (Å²) in [5.74, 6) is 0.433. The predicted octanol–water partition coefficient (Wildman–Crippen LogP) is 0.506. The molecule has 0 bridgehead atoms. The van der Waals surface area contributed by atoms with Gasteiger partial charge in [-0.05, 0) is 44.7 Å². The maximum atomic E-state index is 12.0. The highest BCUT2D eigenvalue weighted by Crippen LogP contribution is 2.15. The minimum atomic E-state index is -3.19. The third-order valence-electron chi connectivity index (χ3n) is 3.53. The summed E-state index contributed by atoms with van der Waals surface area (Å²) in [5, 5.41) is 2.94. The van der Waals surface area contributed by atoms with Gasteiger partial charge in [-0.15, -0.1) is 12.4 Å². The molecule has 2 aliphatic heterocycles. The molecule has 2 aliphatic rings. The van der Waals surface area contributed by atoms with Gasteiger partial charge < -0.3 is 10.1 Å². The summed E-state index contributed by atoms with van der Waals surface area (Å²) >= 11 is 0. The smallest absolute Gasteiger partial charge is 0.216 e. The molecule has 0 aromatic heterocycles. The molecule has 108 valence electrons. The van der Waals surface area contributed by atoms with Crippen molar-refractivity contribution in [2.45, 2.75) is 30.9 Å². The molecule has 2 heterocycles. The normalized spacial score (nSPS) is 29.6. The molecule has 2 fully saturated rings. The van der Waals surface area contributed by atoms with Crippen molar-refractivity contribution in [1.82, 2.24) is 10.0 Å². The first-order valence-electron chi connectivity index (χ1n) is 6.45. The van der Waals surface area contributed by atoms with E-state index in [0.717, 1.165) is 38.8 Å². The van der Waals surface area contributed by atoms with Crippen LogP contribution in [0.25, 0.3) is 0 Å². The Balaban J connectivity index is 0.00000162. The van der Waals surface area contributed by atoms with Crippen LogP contribution in [0.5, 0.6) is 0 Å². The average Bonchev–Trinajstić information content (AvgIpc) is 2.39. The maximum absolute atomic E-state index is 12.0. The van der Waals surface area contributed by atoms with Gasteiger partial charge in [0.25, 0.3) is 0 Å². The fourth-order valence-corrected chi connectivity index (χ4v) is 3.86. The summed E-state index contributed by atoms with van der Waals surface area (Å²) in [6.07, 6.45) is 3.81. The Morgan fingerprint density at radius 2 is 2.11 bits per heavy atom. The number of nitrogens with one attached hydrogen (secondary N) is 2. The summed E-state index contributed by atoms with van der Waals surface area (Å²) in [5.41, 5.74) is 0. The Labute approximate surface area is 116 Å². The van der Waals surface area contributed by atoms with E-state index in [9.17, 15) is 8.42 Å². The van der Waals surface area contributed by atoms with Crippen LogP contribution in [-0.4, -0.2) is 46.5 Å². The Hall–Kier alpha value is 0.120. The minimum Gasteiger partial charge on any atom is -0.380 e. The van der Waals surface area contributed by atoms with Gasteiger partial charge in [0, 0.05) is 13.2 Å². The van der Waals surface area contributed by atoms with Gasteiger partial charge in [0.05, 0.1) is 11.9 Å². The molecule has 18 heavy (non-hydrogen) atoms. The van der Waals surface area contributed by atoms with E-state index in [1.54, 1.807) is 0 Å². The summed E-state index contributed by atoms with van der Waals surface area (Å²) in [6, 6.07) is 0. The number of hydrogen-bond donors (Lipinski definition) is 2. The molecule has 5 nitrogen and oxygen atoms in total. The molecule has 0 saturated carbocycles. The van der Waals surface area contributed by atoms with Crippen LogP contribution < -0.4 is 10.0 Å². The van der Waals surface area contributed by atoms with Crippen LogP contribution in [0.15, 0.2) is 0 Å². The number of piperidine rings is 1.